The van der Waals surface area contributed by atoms with Crippen molar-refractivity contribution >= 4 is 18.2 Å². The van der Waals surface area contributed by atoms with Crippen molar-refractivity contribution < 1.29 is 34.8 Å². The fourth-order valence-corrected chi connectivity index (χ4v) is 4.48. The molecule has 0 aromatic heterocycles. The molecule has 25 heavy (non-hydrogen) atoms. The SMILES string of the molecule is CC(CC(O)(O)c1cc(O)ccc1SP(=O)(O)O)c1cccc(O)c1. The predicted molar refractivity (Wildman–Crippen MR) is 93.3 cm³/mol. The second-order valence-corrected chi connectivity index (χ2v) is 9.36. The second-order valence-electron chi connectivity index (χ2n) is 5.78. The van der Waals surface area contributed by atoms with Gasteiger partial charge in [0, 0.05) is 16.9 Å². The van der Waals surface area contributed by atoms with Crippen LogP contribution in [0.3, 0.4) is 0 Å². The molecule has 0 heterocycles. The number of rotatable bonds is 6. The summed E-state index contributed by atoms with van der Waals surface area (Å²) in [5.41, 5.74) is 0.463. The van der Waals surface area contributed by atoms with Gasteiger partial charge in [-0.3, -0.25) is 0 Å². The van der Waals surface area contributed by atoms with Gasteiger partial charge in [-0.1, -0.05) is 19.1 Å². The first-order valence-corrected chi connectivity index (χ1v) is 10.3. The summed E-state index contributed by atoms with van der Waals surface area (Å²) in [6.45, 7) is -2.80. The summed E-state index contributed by atoms with van der Waals surface area (Å²) < 4.78 is 11.2. The van der Waals surface area contributed by atoms with Crippen LogP contribution < -0.4 is 0 Å². The molecule has 0 radical (unpaired) electrons. The van der Waals surface area contributed by atoms with Gasteiger partial charge >= 0.3 is 6.80 Å². The molecular formula is C16H19O7PS. The van der Waals surface area contributed by atoms with Crippen LogP contribution in [0, 0.1) is 0 Å². The maximum Gasteiger partial charge on any atom is 0.388 e. The van der Waals surface area contributed by atoms with Gasteiger partial charge in [-0.2, -0.15) is 0 Å². The largest absolute Gasteiger partial charge is 0.508 e. The summed E-state index contributed by atoms with van der Waals surface area (Å²) in [4.78, 5) is 18.2. The van der Waals surface area contributed by atoms with Crippen molar-refractivity contribution in [3.05, 3.63) is 53.6 Å². The first-order chi connectivity index (χ1) is 11.5. The lowest BCUT2D eigenvalue weighted by Crippen LogP contribution is -2.27. The Kier molecular flexibility index (Phi) is 5.83. The Morgan fingerprint density at radius 1 is 1.08 bits per heavy atom. The Hall–Kier alpha value is -1.54. The molecular weight excluding hydrogens is 367 g/mol. The number of aliphatic hydroxyl groups is 2. The van der Waals surface area contributed by atoms with Gasteiger partial charge in [0.15, 0.2) is 5.79 Å². The molecule has 0 bridgehead atoms. The van der Waals surface area contributed by atoms with Crippen molar-refractivity contribution in [2.75, 3.05) is 0 Å². The van der Waals surface area contributed by atoms with Crippen molar-refractivity contribution in [1.82, 2.24) is 0 Å². The molecule has 0 aliphatic heterocycles. The van der Waals surface area contributed by atoms with E-state index in [9.17, 15) is 25.0 Å². The topological polar surface area (TPSA) is 138 Å². The van der Waals surface area contributed by atoms with Crippen LogP contribution in [0.4, 0.5) is 0 Å². The fourth-order valence-electron chi connectivity index (χ4n) is 2.52. The molecule has 2 aromatic carbocycles. The van der Waals surface area contributed by atoms with Crippen LogP contribution in [0.2, 0.25) is 0 Å². The van der Waals surface area contributed by atoms with Crippen LogP contribution in [0.1, 0.15) is 30.4 Å². The Balaban J connectivity index is 2.35. The van der Waals surface area contributed by atoms with Crippen molar-refractivity contribution in [2.24, 2.45) is 0 Å². The highest BCUT2D eigenvalue weighted by Crippen LogP contribution is 2.56. The van der Waals surface area contributed by atoms with Gasteiger partial charge < -0.3 is 30.2 Å². The summed E-state index contributed by atoms with van der Waals surface area (Å²) >= 11 is 0.184. The predicted octanol–water partition coefficient (Wildman–Crippen LogP) is 2.61. The van der Waals surface area contributed by atoms with E-state index < -0.39 is 18.5 Å². The highest BCUT2D eigenvalue weighted by atomic mass is 32.7. The van der Waals surface area contributed by atoms with Crippen LogP contribution >= 0.6 is 18.2 Å². The number of hydrogen-bond acceptors (Lipinski definition) is 6. The number of benzene rings is 2. The smallest absolute Gasteiger partial charge is 0.388 e. The first-order valence-electron chi connectivity index (χ1n) is 7.30. The van der Waals surface area contributed by atoms with E-state index in [4.69, 9.17) is 9.79 Å². The number of aromatic hydroxyl groups is 2. The van der Waals surface area contributed by atoms with Crippen molar-refractivity contribution in [1.29, 1.82) is 0 Å². The van der Waals surface area contributed by atoms with Crippen LogP contribution in [0.25, 0.3) is 0 Å². The fraction of sp³-hybridized carbons (Fsp3) is 0.250. The highest BCUT2D eigenvalue weighted by Gasteiger charge is 2.33. The molecule has 1 unspecified atom stereocenters. The van der Waals surface area contributed by atoms with Gasteiger partial charge in [0.2, 0.25) is 0 Å². The maximum absolute atomic E-state index is 11.2. The molecule has 0 fully saturated rings. The Morgan fingerprint density at radius 3 is 2.32 bits per heavy atom. The van der Waals surface area contributed by atoms with Gasteiger partial charge in [0.1, 0.15) is 11.5 Å². The normalized spacial score (nSPS) is 13.6. The lowest BCUT2D eigenvalue weighted by molar-refractivity contribution is -0.179. The van der Waals surface area contributed by atoms with Gasteiger partial charge in [-0.15, -0.1) is 0 Å². The summed E-state index contributed by atoms with van der Waals surface area (Å²) in [6, 6.07) is 9.81. The van der Waals surface area contributed by atoms with Crippen LogP contribution in [-0.4, -0.2) is 30.2 Å². The standard InChI is InChI=1S/C16H19O7PS/c1-10(11-3-2-4-12(17)7-11)9-16(19,20)14-8-13(18)5-6-15(14)25-24(21,22)23/h2-8,10,17-20H,9H2,1H3,(H2,21,22,23). The van der Waals surface area contributed by atoms with Gasteiger partial charge in [0.05, 0.1) is 0 Å². The Labute approximate surface area is 148 Å². The molecule has 2 rings (SSSR count). The monoisotopic (exact) mass is 386 g/mol. The van der Waals surface area contributed by atoms with Crippen molar-refractivity contribution in [2.45, 2.75) is 29.9 Å². The second kappa shape index (κ2) is 7.37. The summed E-state index contributed by atoms with van der Waals surface area (Å²) in [5, 5.41) is 40.2. The van der Waals surface area contributed by atoms with Crippen molar-refractivity contribution in [3.63, 3.8) is 0 Å². The molecule has 0 aliphatic rings. The van der Waals surface area contributed by atoms with E-state index in [1.807, 2.05) is 0 Å². The molecule has 1 atom stereocenters. The molecule has 0 spiro atoms. The number of phenols is 2. The minimum absolute atomic E-state index is 0.0424. The molecule has 0 saturated carbocycles. The average Bonchev–Trinajstić information content (AvgIpc) is 2.47. The third-order valence-corrected chi connectivity index (χ3v) is 5.74. The third kappa shape index (κ3) is 5.47. The summed E-state index contributed by atoms with van der Waals surface area (Å²) in [6.07, 6.45) is -0.214. The van der Waals surface area contributed by atoms with Gasteiger partial charge in [0.25, 0.3) is 0 Å². The average molecular weight is 386 g/mol. The van der Waals surface area contributed by atoms with Gasteiger partial charge in [-0.25, -0.2) is 4.57 Å². The number of hydrogen-bond donors (Lipinski definition) is 6. The molecule has 6 N–H and O–H groups in total. The molecule has 7 nitrogen and oxygen atoms in total. The zero-order valence-corrected chi connectivity index (χ0v) is 15.0. The Bertz CT molecular complexity index is 803. The van der Waals surface area contributed by atoms with E-state index in [1.54, 1.807) is 19.1 Å². The summed E-state index contributed by atoms with van der Waals surface area (Å²) in [5.74, 6) is -3.05. The lowest BCUT2D eigenvalue weighted by atomic mass is 9.89. The minimum atomic E-state index is -4.52. The third-order valence-electron chi connectivity index (χ3n) is 3.64. The van der Waals surface area contributed by atoms with E-state index in [0.29, 0.717) is 5.56 Å². The first kappa shape index (κ1) is 19.8. The lowest BCUT2D eigenvalue weighted by Gasteiger charge is -2.28. The Morgan fingerprint density at radius 2 is 1.72 bits per heavy atom. The number of phenolic OH excluding ortho intramolecular Hbond substituents is 2. The van der Waals surface area contributed by atoms with E-state index in [1.165, 1.54) is 24.3 Å². The minimum Gasteiger partial charge on any atom is -0.508 e. The maximum atomic E-state index is 11.2. The van der Waals surface area contributed by atoms with Gasteiger partial charge in [-0.05, 0) is 53.2 Å². The molecule has 9 heteroatoms. The van der Waals surface area contributed by atoms with Crippen molar-refractivity contribution in [3.8, 4) is 11.5 Å². The molecule has 136 valence electrons. The van der Waals surface area contributed by atoms with Crippen LogP contribution in [0.15, 0.2) is 47.4 Å². The zero-order valence-electron chi connectivity index (χ0n) is 13.3. The quantitative estimate of drug-likeness (QED) is 0.329. The van der Waals surface area contributed by atoms with Crippen LogP contribution in [-0.2, 0) is 10.4 Å². The summed E-state index contributed by atoms with van der Waals surface area (Å²) in [7, 11) is 0. The molecule has 2 aromatic rings. The van der Waals surface area contributed by atoms with E-state index in [-0.39, 0.29) is 39.8 Å². The zero-order chi connectivity index (χ0) is 18.8. The highest BCUT2D eigenvalue weighted by molar-refractivity contribution is 8.54. The van der Waals surface area contributed by atoms with E-state index >= 15 is 0 Å². The van der Waals surface area contributed by atoms with E-state index in [2.05, 4.69) is 0 Å². The molecule has 0 amide bonds. The molecule has 0 saturated heterocycles. The van der Waals surface area contributed by atoms with E-state index in [0.717, 1.165) is 6.07 Å². The molecule has 0 aliphatic carbocycles. The van der Waals surface area contributed by atoms with Crippen LogP contribution in [0.5, 0.6) is 11.5 Å².